The van der Waals surface area contributed by atoms with Gasteiger partial charge in [-0.2, -0.15) is 0 Å². The van der Waals surface area contributed by atoms with Crippen LogP contribution in [-0.4, -0.2) is 16.9 Å². The van der Waals surface area contributed by atoms with Crippen molar-refractivity contribution in [2.45, 2.75) is 20.3 Å². The molecule has 94 valence electrons. The molecule has 0 spiro atoms. The number of benzene rings is 1. The third-order valence-electron chi connectivity index (χ3n) is 2.96. The topological polar surface area (TPSA) is 54.4 Å². The number of hydrogen-bond acceptors (Lipinski definition) is 3. The molecule has 2 rings (SSSR count). The molecule has 18 heavy (non-hydrogen) atoms. The lowest BCUT2D eigenvalue weighted by Crippen LogP contribution is -2.26. The van der Waals surface area contributed by atoms with Crippen LogP contribution in [0.15, 0.2) is 29.6 Å². The van der Waals surface area contributed by atoms with Crippen LogP contribution in [0, 0.1) is 5.41 Å². The van der Waals surface area contributed by atoms with Gasteiger partial charge in [-0.25, -0.2) is 0 Å². The van der Waals surface area contributed by atoms with Gasteiger partial charge in [0.05, 0.1) is 5.41 Å². The Morgan fingerprint density at radius 2 is 1.94 bits per heavy atom. The van der Waals surface area contributed by atoms with Gasteiger partial charge in [-0.15, -0.1) is 11.3 Å². The predicted octanol–water partition coefficient (Wildman–Crippen LogP) is 3.58. The molecule has 0 aliphatic heterocycles. The number of hydrogen-bond donors (Lipinski definition) is 1. The molecule has 0 unspecified atom stereocenters. The maximum atomic E-state index is 12.2. The van der Waals surface area contributed by atoms with E-state index in [1.54, 1.807) is 13.8 Å². The number of carboxylic acid groups (broad SMARTS) is 1. The number of fused-ring (bicyclic) bond motifs is 1. The normalized spacial score (nSPS) is 11.7. The van der Waals surface area contributed by atoms with E-state index >= 15 is 0 Å². The van der Waals surface area contributed by atoms with E-state index in [-0.39, 0.29) is 12.2 Å². The summed E-state index contributed by atoms with van der Waals surface area (Å²) in [7, 11) is 0. The van der Waals surface area contributed by atoms with Gasteiger partial charge in [-0.3, -0.25) is 9.59 Å². The minimum absolute atomic E-state index is 0.0169. The maximum absolute atomic E-state index is 12.2. The molecule has 0 fully saturated rings. The van der Waals surface area contributed by atoms with Crippen LogP contribution in [-0.2, 0) is 4.79 Å². The van der Waals surface area contributed by atoms with Crippen molar-refractivity contribution >= 4 is 33.2 Å². The number of carboxylic acids is 1. The summed E-state index contributed by atoms with van der Waals surface area (Å²) in [5.74, 6) is -1.06. The highest BCUT2D eigenvalue weighted by Crippen LogP contribution is 2.30. The molecule has 3 nitrogen and oxygen atoms in total. The lowest BCUT2D eigenvalue weighted by Gasteiger charge is -2.17. The molecule has 0 saturated carbocycles. The summed E-state index contributed by atoms with van der Waals surface area (Å²) in [6.45, 7) is 3.14. The molecule has 0 radical (unpaired) electrons. The molecule has 4 heteroatoms. The summed E-state index contributed by atoms with van der Waals surface area (Å²) in [6, 6.07) is 7.66. The maximum Gasteiger partial charge on any atom is 0.309 e. The molecular formula is C14H14O3S. The summed E-state index contributed by atoms with van der Waals surface area (Å²) in [6.07, 6.45) is 0.0169. The van der Waals surface area contributed by atoms with Crippen molar-refractivity contribution in [3.05, 3.63) is 35.2 Å². The van der Waals surface area contributed by atoms with Crippen LogP contribution in [0.4, 0.5) is 0 Å². The molecule has 0 aliphatic rings. The van der Waals surface area contributed by atoms with Crippen molar-refractivity contribution in [2.24, 2.45) is 5.41 Å². The summed E-state index contributed by atoms with van der Waals surface area (Å²) < 4.78 is 1.05. The van der Waals surface area contributed by atoms with Gasteiger partial charge in [0.2, 0.25) is 0 Å². The summed E-state index contributed by atoms with van der Waals surface area (Å²) >= 11 is 1.51. The minimum Gasteiger partial charge on any atom is -0.481 e. The highest BCUT2D eigenvalue weighted by Gasteiger charge is 2.31. The van der Waals surface area contributed by atoms with Gasteiger partial charge in [0, 0.05) is 27.5 Å². The molecule has 1 N–H and O–H groups in total. The van der Waals surface area contributed by atoms with Crippen LogP contribution in [0.3, 0.4) is 0 Å². The Morgan fingerprint density at radius 3 is 2.61 bits per heavy atom. The number of rotatable bonds is 4. The van der Waals surface area contributed by atoms with E-state index in [1.807, 2.05) is 29.6 Å². The van der Waals surface area contributed by atoms with Gasteiger partial charge in [-0.05, 0) is 19.9 Å². The van der Waals surface area contributed by atoms with E-state index in [9.17, 15) is 9.59 Å². The predicted molar refractivity (Wildman–Crippen MR) is 72.2 cm³/mol. The first kappa shape index (κ1) is 12.8. The van der Waals surface area contributed by atoms with Crippen LogP contribution < -0.4 is 0 Å². The Bertz CT molecular complexity index is 610. The van der Waals surface area contributed by atoms with Crippen molar-refractivity contribution in [1.82, 2.24) is 0 Å². The minimum atomic E-state index is -1.03. The van der Waals surface area contributed by atoms with E-state index in [1.165, 1.54) is 11.3 Å². The lowest BCUT2D eigenvalue weighted by molar-refractivity contribution is -0.146. The highest BCUT2D eigenvalue weighted by molar-refractivity contribution is 7.17. The third-order valence-corrected chi connectivity index (χ3v) is 3.93. The molecular weight excluding hydrogens is 248 g/mol. The average molecular weight is 262 g/mol. The second-order valence-electron chi connectivity index (χ2n) is 4.93. The van der Waals surface area contributed by atoms with E-state index in [4.69, 9.17) is 5.11 Å². The SMILES string of the molecule is CC(C)(CC(=O)c1csc2ccccc12)C(=O)O. The second kappa shape index (κ2) is 4.53. The Balaban J connectivity index is 2.32. The van der Waals surface area contributed by atoms with Gasteiger partial charge in [0.15, 0.2) is 5.78 Å². The standard InChI is InChI=1S/C14H14O3S/c1-14(2,13(16)17)7-11(15)10-8-18-12-6-4-3-5-9(10)12/h3-6,8H,7H2,1-2H3,(H,16,17). The molecule has 0 aliphatic carbocycles. The van der Waals surface area contributed by atoms with Crippen molar-refractivity contribution < 1.29 is 14.7 Å². The van der Waals surface area contributed by atoms with Gasteiger partial charge >= 0.3 is 5.97 Å². The molecule has 0 atom stereocenters. The van der Waals surface area contributed by atoms with Crippen LogP contribution in [0.1, 0.15) is 30.6 Å². The Labute approximate surface area is 109 Å². The van der Waals surface area contributed by atoms with Crippen molar-refractivity contribution in [2.75, 3.05) is 0 Å². The van der Waals surface area contributed by atoms with Gasteiger partial charge in [0.25, 0.3) is 0 Å². The van der Waals surface area contributed by atoms with Crippen LogP contribution >= 0.6 is 11.3 Å². The van der Waals surface area contributed by atoms with E-state index in [0.717, 1.165) is 10.1 Å². The Kier molecular flexibility index (Phi) is 3.22. The zero-order valence-electron chi connectivity index (χ0n) is 10.3. The summed E-state index contributed by atoms with van der Waals surface area (Å²) in [4.78, 5) is 23.2. The van der Waals surface area contributed by atoms with Gasteiger partial charge in [-0.1, -0.05) is 18.2 Å². The summed E-state index contributed by atoms with van der Waals surface area (Å²) in [5, 5.41) is 11.8. The first-order valence-corrected chi connectivity index (χ1v) is 6.52. The molecule has 1 aromatic carbocycles. The number of carbonyl (C=O) groups is 2. The fraction of sp³-hybridized carbons (Fsp3) is 0.286. The quantitative estimate of drug-likeness (QED) is 0.857. The number of Topliss-reactive ketones (excluding diaryl/α,β-unsaturated/α-hetero) is 1. The van der Waals surface area contributed by atoms with Crippen LogP contribution in [0.5, 0.6) is 0 Å². The fourth-order valence-corrected chi connectivity index (χ4v) is 2.73. The molecule has 0 amide bonds. The first-order chi connectivity index (χ1) is 8.42. The zero-order valence-corrected chi connectivity index (χ0v) is 11.1. The van der Waals surface area contributed by atoms with Gasteiger partial charge < -0.3 is 5.11 Å². The zero-order chi connectivity index (χ0) is 13.3. The Hall–Kier alpha value is -1.68. The van der Waals surface area contributed by atoms with E-state index in [0.29, 0.717) is 5.56 Å². The fourth-order valence-electron chi connectivity index (χ4n) is 1.77. The first-order valence-electron chi connectivity index (χ1n) is 5.64. The number of aliphatic carboxylic acids is 1. The van der Waals surface area contributed by atoms with Crippen molar-refractivity contribution in [1.29, 1.82) is 0 Å². The largest absolute Gasteiger partial charge is 0.481 e. The smallest absolute Gasteiger partial charge is 0.309 e. The number of thiophene rings is 1. The molecule has 0 saturated heterocycles. The number of ketones is 1. The average Bonchev–Trinajstić information content (AvgIpc) is 2.71. The monoisotopic (exact) mass is 262 g/mol. The summed E-state index contributed by atoms with van der Waals surface area (Å²) in [5.41, 5.74) is -0.398. The Morgan fingerprint density at radius 1 is 1.28 bits per heavy atom. The lowest BCUT2D eigenvalue weighted by atomic mass is 9.86. The molecule has 1 aromatic heterocycles. The van der Waals surface area contributed by atoms with Crippen molar-refractivity contribution in [3.63, 3.8) is 0 Å². The highest BCUT2D eigenvalue weighted by atomic mass is 32.1. The number of carbonyl (C=O) groups excluding carboxylic acids is 1. The molecule has 0 bridgehead atoms. The molecule has 2 aromatic rings. The van der Waals surface area contributed by atoms with Crippen LogP contribution in [0.25, 0.3) is 10.1 Å². The van der Waals surface area contributed by atoms with Crippen LogP contribution in [0.2, 0.25) is 0 Å². The van der Waals surface area contributed by atoms with E-state index in [2.05, 4.69) is 0 Å². The molecule has 1 heterocycles. The van der Waals surface area contributed by atoms with Crippen molar-refractivity contribution in [3.8, 4) is 0 Å². The third kappa shape index (κ3) is 2.29. The van der Waals surface area contributed by atoms with E-state index < -0.39 is 11.4 Å². The van der Waals surface area contributed by atoms with Gasteiger partial charge in [0.1, 0.15) is 0 Å². The second-order valence-corrected chi connectivity index (χ2v) is 5.85.